The summed E-state index contributed by atoms with van der Waals surface area (Å²) in [6, 6.07) is 15.3. The maximum Gasteiger partial charge on any atom is 0.137 e. The third-order valence-corrected chi connectivity index (χ3v) is 5.36. The molecule has 0 fully saturated rings. The predicted octanol–water partition coefficient (Wildman–Crippen LogP) is 6.26. The van der Waals surface area contributed by atoms with Crippen molar-refractivity contribution in [2.24, 2.45) is 0 Å². The Hall–Kier alpha value is -2.39. The summed E-state index contributed by atoms with van der Waals surface area (Å²) >= 11 is 1.79. The summed E-state index contributed by atoms with van der Waals surface area (Å²) in [7, 11) is 0. The molecule has 2 nitrogen and oxygen atoms in total. The number of thiophene rings is 1. The van der Waals surface area contributed by atoms with Gasteiger partial charge in [0, 0.05) is 33.8 Å². The number of H-pyrrole nitrogens is 1. The van der Waals surface area contributed by atoms with E-state index in [1.807, 2.05) is 12.4 Å². The molecule has 0 spiro atoms. The van der Waals surface area contributed by atoms with Gasteiger partial charge in [-0.3, -0.25) is 0 Å². The molecule has 0 aliphatic carbocycles. The van der Waals surface area contributed by atoms with Crippen LogP contribution in [-0.2, 0) is 5.41 Å². The number of hydrogen-bond acceptors (Lipinski definition) is 2. The van der Waals surface area contributed by atoms with Gasteiger partial charge in [0.25, 0.3) is 0 Å². The molecule has 0 aliphatic heterocycles. The molecule has 0 radical (unpaired) electrons. The van der Waals surface area contributed by atoms with Crippen LogP contribution < -0.4 is 0 Å². The largest absolute Gasteiger partial charge is 0.346 e. The van der Waals surface area contributed by atoms with Crippen molar-refractivity contribution in [3.8, 4) is 21.6 Å². The van der Waals surface area contributed by atoms with Crippen LogP contribution in [0.5, 0.6) is 0 Å². The molecule has 0 saturated heterocycles. The lowest BCUT2D eigenvalue weighted by Crippen LogP contribution is -2.10. The number of benzene rings is 1. The summed E-state index contributed by atoms with van der Waals surface area (Å²) in [4.78, 5) is 8.91. The van der Waals surface area contributed by atoms with E-state index < -0.39 is 0 Å². The Bertz CT molecular complexity index is 1000. The van der Waals surface area contributed by atoms with Crippen LogP contribution in [0.25, 0.3) is 32.6 Å². The highest BCUT2D eigenvalue weighted by Gasteiger charge is 2.17. The number of aromatic amines is 1. The van der Waals surface area contributed by atoms with Gasteiger partial charge in [-0.05, 0) is 40.1 Å². The molecule has 0 saturated carbocycles. The highest BCUT2D eigenvalue weighted by molar-refractivity contribution is 7.14. The Morgan fingerprint density at radius 3 is 2.71 bits per heavy atom. The number of hydrogen-bond donors (Lipinski definition) is 1. The van der Waals surface area contributed by atoms with Crippen molar-refractivity contribution >= 4 is 22.4 Å². The molecule has 1 N–H and O–H groups in total. The van der Waals surface area contributed by atoms with E-state index in [0.29, 0.717) is 0 Å². The van der Waals surface area contributed by atoms with Gasteiger partial charge in [-0.25, -0.2) is 4.98 Å². The van der Waals surface area contributed by atoms with Gasteiger partial charge in [-0.1, -0.05) is 45.0 Å². The molecule has 1 aromatic carbocycles. The zero-order valence-electron chi connectivity index (χ0n) is 14.1. The molecule has 120 valence electrons. The van der Waals surface area contributed by atoms with Crippen LogP contribution in [-0.4, -0.2) is 9.97 Å². The molecule has 0 bridgehead atoms. The van der Waals surface area contributed by atoms with Crippen LogP contribution >= 0.6 is 11.3 Å². The van der Waals surface area contributed by atoms with E-state index in [4.69, 9.17) is 0 Å². The van der Waals surface area contributed by atoms with E-state index in [2.05, 4.69) is 78.6 Å². The number of aromatic nitrogens is 2. The van der Waals surface area contributed by atoms with Gasteiger partial charge in [-0.2, -0.15) is 0 Å². The average Bonchev–Trinajstić information content (AvgIpc) is 3.23. The number of rotatable bonds is 2. The SMILES string of the molecule is CC(C)(C)c1cccc(-c2ccsc2-c2ccnc3[nH]ccc23)c1. The molecule has 0 unspecified atom stereocenters. The molecular weight excluding hydrogens is 312 g/mol. The van der Waals surface area contributed by atoms with E-state index >= 15 is 0 Å². The second-order valence-electron chi connectivity index (χ2n) is 7.09. The van der Waals surface area contributed by atoms with Gasteiger partial charge in [0.15, 0.2) is 0 Å². The lowest BCUT2D eigenvalue weighted by atomic mass is 9.85. The molecule has 3 heterocycles. The summed E-state index contributed by atoms with van der Waals surface area (Å²) in [5, 5.41) is 3.35. The van der Waals surface area contributed by atoms with E-state index in [0.717, 1.165) is 5.65 Å². The van der Waals surface area contributed by atoms with Gasteiger partial charge >= 0.3 is 0 Å². The first kappa shape index (κ1) is 15.2. The minimum absolute atomic E-state index is 0.150. The van der Waals surface area contributed by atoms with Crippen molar-refractivity contribution < 1.29 is 0 Å². The van der Waals surface area contributed by atoms with Crippen molar-refractivity contribution in [3.63, 3.8) is 0 Å². The van der Waals surface area contributed by atoms with Crippen LogP contribution in [0.2, 0.25) is 0 Å². The summed E-state index contributed by atoms with van der Waals surface area (Å²) in [5.41, 5.74) is 6.26. The molecule has 0 amide bonds. The van der Waals surface area contributed by atoms with Crippen LogP contribution in [0.15, 0.2) is 60.2 Å². The fourth-order valence-corrected chi connectivity index (χ4v) is 4.02. The van der Waals surface area contributed by atoms with Crippen molar-refractivity contribution in [2.75, 3.05) is 0 Å². The molecule has 0 aliphatic rings. The highest BCUT2D eigenvalue weighted by Crippen LogP contribution is 2.40. The molecule has 3 heteroatoms. The van der Waals surface area contributed by atoms with E-state index in [9.17, 15) is 0 Å². The minimum atomic E-state index is 0.150. The molecular formula is C21H20N2S. The smallest absolute Gasteiger partial charge is 0.137 e. The van der Waals surface area contributed by atoms with Crippen molar-refractivity contribution in [1.29, 1.82) is 0 Å². The van der Waals surface area contributed by atoms with Gasteiger partial charge in [0.2, 0.25) is 0 Å². The summed E-state index contributed by atoms with van der Waals surface area (Å²) < 4.78 is 0. The van der Waals surface area contributed by atoms with Gasteiger partial charge in [-0.15, -0.1) is 11.3 Å². The maximum absolute atomic E-state index is 4.41. The Labute approximate surface area is 146 Å². The van der Waals surface area contributed by atoms with E-state index in [-0.39, 0.29) is 5.41 Å². The zero-order valence-corrected chi connectivity index (χ0v) is 14.9. The predicted molar refractivity (Wildman–Crippen MR) is 104 cm³/mol. The fourth-order valence-electron chi connectivity index (χ4n) is 3.06. The third-order valence-electron chi connectivity index (χ3n) is 4.41. The zero-order chi connectivity index (χ0) is 16.7. The van der Waals surface area contributed by atoms with E-state index in [1.165, 1.54) is 32.5 Å². The lowest BCUT2D eigenvalue weighted by molar-refractivity contribution is 0.590. The molecule has 3 aromatic heterocycles. The minimum Gasteiger partial charge on any atom is -0.346 e. The quantitative estimate of drug-likeness (QED) is 0.461. The normalized spacial score (nSPS) is 12.0. The highest BCUT2D eigenvalue weighted by atomic mass is 32.1. The first-order chi connectivity index (χ1) is 11.5. The van der Waals surface area contributed by atoms with Crippen molar-refractivity contribution in [1.82, 2.24) is 9.97 Å². The van der Waals surface area contributed by atoms with Gasteiger partial charge in [0.05, 0.1) is 0 Å². The van der Waals surface area contributed by atoms with Crippen LogP contribution in [0.1, 0.15) is 26.3 Å². The molecule has 4 rings (SSSR count). The first-order valence-electron chi connectivity index (χ1n) is 8.15. The topological polar surface area (TPSA) is 28.7 Å². The summed E-state index contributed by atoms with van der Waals surface area (Å²) in [6.07, 6.45) is 3.83. The number of pyridine rings is 1. The standard InChI is InChI=1S/C21H20N2S/c1-21(2,3)15-6-4-5-14(13-15)16-9-12-24-19(16)17-7-10-22-20-18(17)8-11-23-20/h4-13H,1-3H3,(H,22,23). The van der Waals surface area contributed by atoms with E-state index in [1.54, 1.807) is 11.3 Å². The Balaban J connectivity index is 1.89. The van der Waals surface area contributed by atoms with Crippen LogP contribution in [0, 0.1) is 0 Å². The Kier molecular flexibility index (Phi) is 3.54. The Morgan fingerprint density at radius 1 is 1.00 bits per heavy atom. The number of fused-ring (bicyclic) bond motifs is 1. The fraction of sp³-hybridized carbons (Fsp3) is 0.190. The van der Waals surface area contributed by atoms with Gasteiger partial charge in [0.1, 0.15) is 5.65 Å². The third kappa shape index (κ3) is 2.55. The lowest BCUT2D eigenvalue weighted by Gasteiger charge is -2.20. The second kappa shape index (κ2) is 5.60. The first-order valence-corrected chi connectivity index (χ1v) is 9.03. The maximum atomic E-state index is 4.41. The van der Waals surface area contributed by atoms with Crippen molar-refractivity contribution in [2.45, 2.75) is 26.2 Å². The second-order valence-corrected chi connectivity index (χ2v) is 8.01. The van der Waals surface area contributed by atoms with Crippen LogP contribution in [0.4, 0.5) is 0 Å². The van der Waals surface area contributed by atoms with Crippen LogP contribution in [0.3, 0.4) is 0 Å². The molecule has 24 heavy (non-hydrogen) atoms. The number of nitrogens with one attached hydrogen (secondary N) is 1. The van der Waals surface area contributed by atoms with Crippen molar-refractivity contribution in [3.05, 3.63) is 65.8 Å². The number of nitrogens with zero attached hydrogens (tertiary/aromatic N) is 1. The van der Waals surface area contributed by atoms with Gasteiger partial charge < -0.3 is 4.98 Å². The average molecular weight is 332 g/mol. The monoisotopic (exact) mass is 332 g/mol. The molecule has 0 atom stereocenters. The summed E-state index contributed by atoms with van der Waals surface area (Å²) in [5.74, 6) is 0. The molecule has 4 aromatic rings. The summed E-state index contributed by atoms with van der Waals surface area (Å²) in [6.45, 7) is 6.77. The Morgan fingerprint density at radius 2 is 1.88 bits per heavy atom.